The van der Waals surface area contributed by atoms with Crippen LogP contribution in [0, 0.1) is 0 Å². The van der Waals surface area contributed by atoms with Gasteiger partial charge in [0, 0.05) is 37.4 Å². The number of anilines is 3. The molecule has 1 fully saturated rings. The van der Waals surface area contributed by atoms with Gasteiger partial charge in [-0.15, -0.1) is 0 Å². The van der Waals surface area contributed by atoms with E-state index < -0.39 is 17.7 Å². The summed E-state index contributed by atoms with van der Waals surface area (Å²) in [4.78, 5) is 17.7. The largest absolute Gasteiger partial charge is 0.462 e. The lowest BCUT2D eigenvalue weighted by molar-refractivity contribution is -0.137. The van der Waals surface area contributed by atoms with E-state index in [2.05, 4.69) is 15.6 Å². The Morgan fingerprint density at radius 3 is 2.83 bits per heavy atom. The van der Waals surface area contributed by atoms with Crippen LogP contribution in [0.4, 0.5) is 30.2 Å². The van der Waals surface area contributed by atoms with E-state index in [0.717, 1.165) is 19.0 Å². The van der Waals surface area contributed by atoms with E-state index in [-0.39, 0.29) is 29.8 Å². The van der Waals surface area contributed by atoms with Gasteiger partial charge in [-0.2, -0.15) is 13.2 Å². The Balaban J connectivity index is 1.73. The number of nitrogens with zero attached hydrogens (tertiary/aromatic N) is 2. The highest BCUT2D eigenvalue weighted by atomic mass is 19.4. The molecular formula is C21H23F3N4O2. The molecule has 0 bridgehead atoms. The molecule has 1 aromatic carbocycles. The minimum absolute atomic E-state index is 0.00871. The van der Waals surface area contributed by atoms with Gasteiger partial charge in [0.2, 0.25) is 0 Å². The normalized spacial score (nSPS) is 20.5. The second kappa shape index (κ2) is 7.79. The number of alkyl halides is 3. The maximum atomic E-state index is 13.9. The van der Waals surface area contributed by atoms with E-state index >= 15 is 0 Å². The summed E-state index contributed by atoms with van der Waals surface area (Å²) in [5.74, 6) is -0.540. The highest BCUT2D eigenvalue weighted by Gasteiger charge is 2.45. The number of hydrogen-bond donors (Lipinski definition) is 2. The van der Waals surface area contributed by atoms with E-state index in [9.17, 15) is 18.0 Å². The van der Waals surface area contributed by atoms with Crippen LogP contribution in [0.15, 0.2) is 30.6 Å². The van der Waals surface area contributed by atoms with Crippen molar-refractivity contribution >= 4 is 23.0 Å². The van der Waals surface area contributed by atoms with Crippen LogP contribution in [0.2, 0.25) is 0 Å². The second-order valence-electron chi connectivity index (χ2n) is 7.54. The zero-order valence-electron chi connectivity index (χ0n) is 16.7. The number of carbonyl (C=O) groups is 1. The lowest BCUT2D eigenvalue weighted by atomic mass is 9.89. The molecule has 2 atom stereocenters. The molecule has 2 aliphatic rings. The fraction of sp³-hybridized carbons (Fsp3) is 0.429. The van der Waals surface area contributed by atoms with Crippen molar-refractivity contribution in [2.24, 2.45) is 0 Å². The van der Waals surface area contributed by atoms with Crippen LogP contribution in [0.1, 0.15) is 40.7 Å². The van der Waals surface area contributed by atoms with Gasteiger partial charge in [0.05, 0.1) is 35.3 Å². The number of likely N-dealkylation sites (N-methyl/N-ethyl adjacent to an activating group) is 1. The number of carbonyl (C=O) groups excluding carboxylic acids is 1. The Hall–Kier alpha value is -2.81. The minimum atomic E-state index is -4.48. The molecule has 2 unspecified atom stereocenters. The first kappa shape index (κ1) is 20.5. The molecule has 2 aromatic rings. The molecule has 3 heterocycles. The predicted molar refractivity (Wildman–Crippen MR) is 107 cm³/mol. The molecule has 0 radical (unpaired) electrons. The molecule has 4 rings (SSSR count). The molecule has 0 amide bonds. The number of nitrogens with one attached hydrogen (secondary N) is 2. The highest BCUT2D eigenvalue weighted by molar-refractivity contribution is 5.90. The number of ether oxygens (including phenoxy) is 1. The van der Waals surface area contributed by atoms with Gasteiger partial charge < -0.3 is 20.3 Å². The Morgan fingerprint density at radius 2 is 2.10 bits per heavy atom. The van der Waals surface area contributed by atoms with Crippen LogP contribution in [-0.2, 0) is 10.9 Å². The summed E-state index contributed by atoms with van der Waals surface area (Å²) >= 11 is 0. The SMILES string of the molecule is CCOC(=O)c1cncc(Nc2cc3c(c(C(F)(F)F)c2)N(C)C2CCNCC32)c1. The molecule has 0 aliphatic carbocycles. The van der Waals surface area contributed by atoms with Gasteiger partial charge in [0.1, 0.15) is 0 Å². The average molecular weight is 420 g/mol. The highest BCUT2D eigenvalue weighted by Crippen LogP contribution is 2.50. The first-order valence-electron chi connectivity index (χ1n) is 9.87. The third-order valence-corrected chi connectivity index (χ3v) is 5.68. The molecule has 9 heteroatoms. The molecule has 0 saturated carbocycles. The van der Waals surface area contributed by atoms with Crippen LogP contribution in [0.25, 0.3) is 0 Å². The zero-order valence-corrected chi connectivity index (χ0v) is 16.7. The quantitative estimate of drug-likeness (QED) is 0.731. The Bertz CT molecular complexity index is 964. The lowest BCUT2D eigenvalue weighted by Crippen LogP contribution is -2.42. The second-order valence-corrected chi connectivity index (χ2v) is 7.54. The van der Waals surface area contributed by atoms with Crippen LogP contribution < -0.4 is 15.5 Å². The smallest absolute Gasteiger partial charge is 0.418 e. The van der Waals surface area contributed by atoms with E-state index in [4.69, 9.17) is 4.74 Å². The Labute approximate surface area is 172 Å². The Kier molecular flexibility index (Phi) is 5.31. The van der Waals surface area contributed by atoms with Gasteiger partial charge in [0.15, 0.2) is 0 Å². The maximum absolute atomic E-state index is 13.9. The zero-order chi connectivity index (χ0) is 21.5. The minimum Gasteiger partial charge on any atom is -0.462 e. The number of rotatable bonds is 4. The third-order valence-electron chi connectivity index (χ3n) is 5.68. The van der Waals surface area contributed by atoms with Crippen molar-refractivity contribution in [2.45, 2.75) is 31.5 Å². The number of hydrogen-bond acceptors (Lipinski definition) is 6. The van der Waals surface area contributed by atoms with Gasteiger partial charge in [-0.1, -0.05) is 0 Å². The van der Waals surface area contributed by atoms with Gasteiger partial charge in [-0.25, -0.2) is 4.79 Å². The summed E-state index contributed by atoms with van der Waals surface area (Å²) in [5.41, 5.74) is 1.23. The molecule has 6 nitrogen and oxygen atoms in total. The number of benzene rings is 1. The number of piperidine rings is 1. The van der Waals surface area contributed by atoms with Gasteiger partial charge in [-0.05, 0) is 43.7 Å². The predicted octanol–water partition coefficient (Wildman–Crippen LogP) is 3.92. The van der Waals surface area contributed by atoms with Gasteiger partial charge >= 0.3 is 12.1 Å². The van der Waals surface area contributed by atoms with Crippen molar-refractivity contribution in [3.8, 4) is 0 Å². The molecule has 2 N–H and O–H groups in total. The summed E-state index contributed by atoms with van der Waals surface area (Å²) < 4.78 is 46.7. The molecule has 2 aliphatic heterocycles. The molecule has 30 heavy (non-hydrogen) atoms. The van der Waals surface area contributed by atoms with Crippen LogP contribution in [0.5, 0.6) is 0 Å². The average Bonchev–Trinajstić information content (AvgIpc) is 3.00. The van der Waals surface area contributed by atoms with Crippen molar-refractivity contribution in [3.05, 3.63) is 47.3 Å². The van der Waals surface area contributed by atoms with E-state index in [1.165, 1.54) is 18.5 Å². The molecule has 0 spiro atoms. The van der Waals surface area contributed by atoms with Crippen molar-refractivity contribution < 1.29 is 22.7 Å². The third kappa shape index (κ3) is 3.69. The first-order chi connectivity index (χ1) is 14.3. The van der Waals surface area contributed by atoms with Crippen molar-refractivity contribution in [1.82, 2.24) is 10.3 Å². The van der Waals surface area contributed by atoms with Crippen molar-refractivity contribution in [2.75, 3.05) is 37.0 Å². The lowest BCUT2D eigenvalue weighted by Gasteiger charge is -2.31. The molecule has 160 valence electrons. The number of fused-ring (bicyclic) bond motifs is 3. The first-order valence-corrected chi connectivity index (χ1v) is 9.87. The molecule has 1 aromatic heterocycles. The topological polar surface area (TPSA) is 66.5 Å². The number of halogens is 3. The summed E-state index contributed by atoms with van der Waals surface area (Å²) in [6.07, 6.45) is -0.871. The fourth-order valence-electron chi connectivity index (χ4n) is 4.41. The van der Waals surface area contributed by atoms with E-state index in [1.807, 2.05) is 0 Å². The van der Waals surface area contributed by atoms with Crippen LogP contribution in [-0.4, -0.2) is 43.7 Å². The van der Waals surface area contributed by atoms with Crippen LogP contribution >= 0.6 is 0 Å². The van der Waals surface area contributed by atoms with Crippen molar-refractivity contribution in [3.63, 3.8) is 0 Å². The van der Waals surface area contributed by atoms with Crippen molar-refractivity contribution in [1.29, 1.82) is 0 Å². The molecule has 1 saturated heterocycles. The summed E-state index contributed by atoms with van der Waals surface area (Å²) in [7, 11) is 1.74. The monoisotopic (exact) mass is 420 g/mol. The van der Waals surface area contributed by atoms with Gasteiger partial charge in [0.25, 0.3) is 0 Å². The summed E-state index contributed by atoms with van der Waals surface area (Å²) in [6.45, 7) is 3.35. The fourth-order valence-corrected chi connectivity index (χ4v) is 4.41. The van der Waals surface area contributed by atoms with Gasteiger partial charge in [-0.3, -0.25) is 4.98 Å². The summed E-state index contributed by atoms with van der Waals surface area (Å²) in [5, 5.41) is 6.27. The number of esters is 1. The maximum Gasteiger partial charge on any atom is 0.418 e. The van der Waals surface area contributed by atoms with E-state index in [1.54, 1.807) is 24.9 Å². The number of aromatic nitrogens is 1. The Morgan fingerprint density at radius 1 is 1.30 bits per heavy atom. The molecular weight excluding hydrogens is 397 g/mol. The summed E-state index contributed by atoms with van der Waals surface area (Å²) in [6, 6.07) is 4.46. The number of pyridine rings is 1. The van der Waals surface area contributed by atoms with E-state index in [0.29, 0.717) is 23.5 Å². The van der Waals surface area contributed by atoms with Crippen LogP contribution in [0.3, 0.4) is 0 Å². The standard InChI is InChI=1S/C21H23F3N4O2/c1-3-30-20(29)12-6-14(10-26-9-12)27-13-7-15-16-11-25-5-4-18(16)28(2)19(15)17(8-13)21(22,23)24/h6-10,16,18,25,27H,3-5,11H2,1-2H3.